The van der Waals surface area contributed by atoms with Gasteiger partial charge in [0.1, 0.15) is 17.1 Å². The summed E-state index contributed by atoms with van der Waals surface area (Å²) in [5.41, 5.74) is 2.85. The maximum atomic E-state index is 12.2. The maximum Gasteiger partial charge on any atom is 0.490 e. The van der Waals surface area contributed by atoms with Crippen LogP contribution >= 0.6 is 0 Å². The molecular formula is C24H25F3N6O5. The minimum absolute atomic E-state index is 0.110. The standard InChI is InChI=1S/C22H24N6O3.C2HF3O2/c1-23-21(30)19-14-24-22(27-20(19)25-16-3-2-4-18(29)13-16)26-15-5-7-17(8-6-15)28-9-11-31-12-10-28;3-2(4,5)1(6)7/h2-8,13-14,29H,9-12H2,1H3,(H,23,30)(H2,24,25,26,27);(H,6,7). The summed E-state index contributed by atoms with van der Waals surface area (Å²) >= 11 is 0. The van der Waals surface area contributed by atoms with Crippen molar-refractivity contribution in [2.75, 3.05) is 48.9 Å². The number of anilines is 5. The second-order valence-corrected chi connectivity index (χ2v) is 7.78. The summed E-state index contributed by atoms with van der Waals surface area (Å²) in [6.07, 6.45) is -3.62. The molecule has 0 spiro atoms. The van der Waals surface area contributed by atoms with Crippen molar-refractivity contribution in [1.29, 1.82) is 0 Å². The average Bonchev–Trinajstić information content (AvgIpc) is 2.89. The van der Waals surface area contributed by atoms with Crippen LogP contribution in [0.15, 0.2) is 54.7 Å². The number of morpholine rings is 1. The van der Waals surface area contributed by atoms with Crippen molar-refractivity contribution < 1.29 is 37.7 Å². The topological polar surface area (TPSA) is 149 Å². The second kappa shape index (κ2) is 12.6. The summed E-state index contributed by atoms with van der Waals surface area (Å²) in [5, 5.41) is 25.7. The van der Waals surface area contributed by atoms with Crippen LogP contribution in [-0.4, -0.2) is 71.6 Å². The van der Waals surface area contributed by atoms with E-state index in [4.69, 9.17) is 14.6 Å². The van der Waals surface area contributed by atoms with Crippen LogP contribution < -0.4 is 20.9 Å². The summed E-state index contributed by atoms with van der Waals surface area (Å²) in [7, 11) is 1.54. The van der Waals surface area contributed by atoms with Crippen LogP contribution in [0.3, 0.4) is 0 Å². The number of ether oxygens (including phenoxy) is 1. The van der Waals surface area contributed by atoms with E-state index in [1.54, 1.807) is 31.3 Å². The van der Waals surface area contributed by atoms with E-state index in [2.05, 4.69) is 30.8 Å². The number of phenols is 1. The number of amides is 1. The number of carbonyl (C=O) groups excluding carboxylic acids is 1. The highest BCUT2D eigenvalue weighted by atomic mass is 19.4. The van der Waals surface area contributed by atoms with E-state index in [0.29, 0.717) is 23.0 Å². The molecule has 0 unspecified atom stereocenters. The molecule has 2 aromatic carbocycles. The minimum Gasteiger partial charge on any atom is -0.508 e. The number of carboxylic acids is 1. The molecule has 0 saturated carbocycles. The normalized spacial score (nSPS) is 13.1. The molecule has 1 aliphatic rings. The highest BCUT2D eigenvalue weighted by Crippen LogP contribution is 2.25. The van der Waals surface area contributed by atoms with E-state index in [9.17, 15) is 23.1 Å². The SMILES string of the molecule is CNC(=O)c1cnc(Nc2ccc(N3CCOCC3)cc2)nc1Nc1cccc(O)c1.O=C(O)C(F)(F)F. The first kappa shape index (κ1) is 28.0. The molecule has 5 N–H and O–H groups in total. The number of carbonyl (C=O) groups is 2. The number of hydrogen-bond donors (Lipinski definition) is 5. The van der Waals surface area contributed by atoms with Crippen LogP contribution in [0.25, 0.3) is 0 Å². The van der Waals surface area contributed by atoms with Gasteiger partial charge in [-0.15, -0.1) is 0 Å². The number of aliphatic carboxylic acids is 1. The Labute approximate surface area is 215 Å². The summed E-state index contributed by atoms with van der Waals surface area (Å²) < 4.78 is 37.1. The first-order valence-corrected chi connectivity index (χ1v) is 11.2. The van der Waals surface area contributed by atoms with Gasteiger partial charge in [0.25, 0.3) is 5.91 Å². The Morgan fingerprint density at radius 1 is 1.03 bits per heavy atom. The molecule has 11 nitrogen and oxygen atoms in total. The number of phenolic OH excluding ortho intramolecular Hbond substituents is 1. The Kier molecular flexibility index (Phi) is 9.27. The third-order valence-electron chi connectivity index (χ3n) is 5.11. The highest BCUT2D eigenvalue weighted by Gasteiger charge is 2.38. The van der Waals surface area contributed by atoms with E-state index in [0.717, 1.165) is 37.7 Å². The summed E-state index contributed by atoms with van der Waals surface area (Å²) in [6, 6.07) is 14.6. The van der Waals surface area contributed by atoms with Crippen molar-refractivity contribution in [1.82, 2.24) is 15.3 Å². The molecule has 14 heteroatoms. The number of aromatic nitrogens is 2. The van der Waals surface area contributed by atoms with Gasteiger partial charge in [-0.3, -0.25) is 4.79 Å². The van der Waals surface area contributed by atoms with Crippen molar-refractivity contribution in [3.8, 4) is 5.75 Å². The molecule has 3 aromatic rings. The zero-order valence-corrected chi connectivity index (χ0v) is 20.1. The summed E-state index contributed by atoms with van der Waals surface area (Å²) in [4.78, 5) is 32.2. The van der Waals surface area contributed by atoms with Crippen LogP contribution in [0.1, 0.15) is 10.4 Å². The maximum absolute atomic E-state index is 12.2. The Bertz CT molecular complexity index is 1250. The summed E-state index contributed by atoms with van der Waals surface area (Å²) in [6.45, 7) is 3.23. The zero-order chi connectivity index (χ0) is 27.7. The van der Waals surface area contributed by atoms with Gasteiger partial charge in [0.15, 0.2) is 0 Å². The molecule has 1 saturated heterocycles. The van der Waals surface area contributed by atoms with Crippen molar-refractivity contribution in [2.45, 2.75) is 6.18 Å². The lowest BCUT2D eigenvalue weighted by Gasteiger charge is -2.28. The lowest BCUT2D eigenvalue weighted by molar-refractivity contribution is -0.192. The number of alkyl halides is 3. The number of rotatable bonds is 6. The van der Waals surface area contributed by atoms with Gasteiger partial charge in [-0.05, 0) is 36.4 Å². The number of hydrogen-bond acceptors (Lipinski definition) is 9. The van der Waals surface area contributed by atoms with Crippen molar-refractivity contribution >= 4 is 40.7 Å². The van der Waals surface area contributed by atoms with Gasteiger partial charge in [-0.2, -0.15) is 18.2 Å². The van der Waals surface area contributed by atoms with E-state index >= 15 is 0 Å². The molecule has 0 radical (unpaired) electrons. The second-order valence-electron chi connectivity index (χ2n) is 7.78. The van der Waals surface area contributed by atoms with Crippen LogP contribution in [0, 0.1) is 0 Å². The van der Waals surface area contributed by atoms with E-state index < -0.39 is 12.1 Å². The predicted octanol–water partition coefficient (Wildman–Crippen LogP) is 3.50. The number of carboxylic acid groups (broad SMARTS) is 1. The average molecular weight is 534 g/mol. The Balaban J connectivity index is 0.000000505. The molecule has 1 aromatic heterocycles. The molecule has 38 heavy (non-hydrogen) atoms. The zero-order valence-electron chi connectivity index (χ0n) is 20.1. The van der Waals surface area contributed by atoms with Gasteiger partial charge in [0.2, 0.25) is 5.95 Å². The van der Waals surface area contributed by atoms with Crippen LogP contribution in [-0.2, 0) is 9.53 Å². The Morgan fingerprint density at radius 2 is 1.68 bits per heavy atom. The van der Waals surface area contributed by atoms with Crippen molar-refractivity contribution in [3.63, 3.8) is 0 Å². The molecule has 2 heterocycles. The molecule has 0 atom stereocenters. The monoisotopic (exact) mass is 534 g/mol. The van der Waals surface area contributed by atoms with Gasteiger partial charge in [0.05, 0.1) is 13.2 Å². The summed E-state index contributed by atoms with van der Waals surface area (Å²) in [5.74, 6) is -2.29. The minimum atomic E-state index is -5.08. The molecule has 1 aliphatic heterocycles. The van der Waals surface area contributed by atoms with E-state index in [1.807, 2.05) is 24.3 Å². The van der Waals surface area contributed by atoms with Crippen LogP contribution in [0.4, 0.5) is 42.0 Å². The molecule has 202 valence electrons. The van der Waals surface area contributed by atoms with Gasteiger partial charge in [-0.1, -0.05) is 6.07 Å². The number of aromatic hydroxyl groups is 1. The first-order valence-electron chi connectivity index (χ1n) is 11.2. The molecule has 0 bridgehead atoms. The molecule has 1 fully saturated rings. The fourth-order valence-electron chi connectivity index (χ4n) is 3.26. The number of halogens is 3. The Hall–Kier alpha value is -4.59. The number of nitrogens with zero attached hydrogens (tertiary/aromatic N) is 3. The van der Waals surface area contributed by atoms with Gasteiger partial charge < -0.3 is 35.8 Å². The Morgan fingerprint density at radius 3 is 2.26 bits per heavy atom. The largest absolute Gasteiger partial charge is 0.508 e. The van der Waals surface area contributed by atoms with Gasteiger partial charge in [0, 0.05) is 49.5 Å². The lowest BCUT2D eigenvalue weighted by atomic mass is 10.2. The molecule has 1 amide bonds. The number of benzene rings is 2. The lowest BCUT2D eigenvalue weighted by Crippen LogP contribution is -2.36. The van der Waals surface area contributed by atoms with Crippen LogP contribution in [0.5, 0.6) is 5.75 Å². The number of nitrogens with one attached hydrogen (secondary N) is 3. The fourth-order valence-corrected chi connectivity index (χ4v) is 3.26. The van der Waals surface area contributed by atoms with Crippen molar-refractivity contribution in [2.24, 2.45) is 0 Å². The predicted molar refractivity (Wildman–Crippen MR) is 133 cm³/mol. The molecule has 4 rings (SSSR count). The quantitative estimate of drug-likeness (QED) is 0.318. The van der Waals surface area contributed by atoms with Crippen LogP contribution in [0.2, 0.25) is 0 Å². The van der Waals surface area contributed by atoms with Gasteiger partial charge >= 0.3 is 12.1 Å². The van der Waals surface area contributed by atoms with E-state index in [1.165, 1.54) is 6.20 Å². The fraction of sp³-hybridized carbons (Fsp3) is 0.250. The third kappa shape index (κ3) is 7.96. The smallest absolute Gasteiger partial charge is 0.490 e. The third-order valence-corrected chi connectivity index (χ3v) is 5.11. The molecular weight excluding hydrogens is 509 g/mol. The van der Waals surface area contributed by atoms with Gasteiger partial charge in [-0.25, -0.2) is 9.78 Å². The molecule has 0 aliphatic carbocycles. The highest BCUT2D eigenvalue weighted by molar-refractivity contribution is 5.99. The van der Waals surface area contributed by atoms with Crippen molar-refractivity contribution in [3.05, 3.63) is 60.3 Å². The van der Waals surface area contributed by atoms with E-state index in [-0.39, 0.29) is 11.7 Å². The first-order chi connectivity index (χ1) is 18.1.